The van der Waals surface area contributed by atoms with E-state index in [2.05, 4.69) is 41.2 Å². The average molecular weight is 406 g/mol. The summed E-state index contributed by atoms with van der Waals surface area (Å²) in [5.41, 5.74) is 8.23. The largest absolute Gasteiger partial charge is 0.478 e. The Kier molecular flexibility index (Phi) is 5.99. The molecule has 0 bridgehead atoms. The van der Waals surface area contributed by atoms with Crippen LogP contribution in [0.4, 0.5) is 0 Å². The van der Waals surface area contributed by atoms with Crippen LogP contribution in [0.2, 0.25) is 0 Å². The van der Waals surface area contributed by atoms with Crippen molar-refractivity contribution in [3.05, 3.63) is 114 Å². The Morgan fingerprint density at radius 2 is 1.52 bits per heavy atom. The number of carboxylic acids is 1. The van der Waals surface area contributed by atoms with Crippen molar-refractivity contribution in [1.29, 1.82) is 0 Å². The quantitative estimate of drug-likeness (QED) is 0.311. The summed E-state index contributed by atoms with van der Waals surface area (Å²) in [6, 6.07) is 24.5. The summed E-state index contributed by atoms with van der Waals surface area (Å²) in [6.07, 6.45) is 7.01. The molecule has 0 fully saturated rings. The molecule has 0 atom stereocenters. The third kappa shape index (κ3) is 4.59. The number of allylic oxidation sites excluding steroid dienone is 1. The number of carbonyl (C=O) groups is 1. The number of rotatable bonds is 6. The van der Waals surface area contributed by atoms with E-state index in [4.69, 9.17) is 5.11 Å². The molecule has 0 radical (unpaired) electrons. The van der Waals surface area contributed by atoms with Crippen LogP contribution in [-0.4, -0.2) is 21.0 Å². The van der Waals surface area contributed by atoms with Gasteiger partial charge < -0.3 is 5.11 Å². The highest BCUT2D eigenvalue weighted by atomic mass is 16.4. The average Bonchev–Trinajstić information content (AvgIpc) is 2.82. The minimum Gasteiger partial charge on any atom is -0.478 e. The molecule has 152 valence electrons. The number of nitrogens with zero attached hydrogens (tertiary/aromatic N) is 2. The van der Waals surface area contributed by atoms with Gasteiger partial charge in [-0.1, -0.05) is 67.6 Å². The van der Waals surface area contributed by atoms with E-state index in [1.54, 1.807) is 18.5 Å². The first-order valence-electron chi connectivity index (χ1n) is 10.2. The molecule has 0 aliphatic rings. The summed E-state index contributed by atoms with van der Waals surface area (Å²) in [5.74, 6) is -0.959. The highest BCUT2D eigenvalue weighted by Crippen LogP contribution is 2.35. The Balaban J connectivity index is 1.90. The maximum atomic E-state index is 10.8. The number of carboxylic acid groups (broad SMARTS) is 1. The molecule has 3 aromatic carbocycles. The van der Waals surface area contributed by atoms with Crippen molar-refractivity contribution in [2.45, 2.75) is 13.3 Å². The van der Waals surface area contributed by atoms with E-state index in [1.807, 2.05) is 48.5 Å². The molecule has 1 heterocycles. The standard InChI is InChI=1S/C27H22N2O2/c1-2-23(20-6-4-3-5-7-20)27(21-11-8-19(9-12-21)10-15-26(30)31)22-13-14-24-25(18-22)29-17-16-28-24/h3-18H,2H2,1H3,(H,30,31)/b15-10+,27-23+. The Labute approximate surface area is 181 Å². The normalized spacial score (nSPS) is 12.2. The Hall–Kier alpha value is -4.05. The fraction of sp³-hybridized carbons (Fsp3) is 0.0741. The fourth-order valence-corrected chi connectivity index (χ4v) is 3.73. The zero-order chi connectivity index (χ0) is 21.6. The van der Waals surface area contributed by atoms with E-state index < -0.39 is 5.97 Å². The van der Waals surface area contributed by atoms with E-state index in [-0.39, 0.29) is 0 Å². The summed E-state index contributed by atoms with van der Waals surface area (Å²) >= 11 is 0. The summed E-state index contributed by atoms with van der Waals surface area (Å²) in [5, 5.41) is 8.88. The topological polar surface area (TPSA) is 63.1 Å². The summed E-state index contributed by atoms with van der Waals surface area (Å²) in [4.78, 5) is 19.7. The van der Waals surface area contributed by atoms with Gasteiger partial charge in [0.15, 0.2) is 0 Å². The van der Waals surface area contributed by atoms with Crippen molar-refractivity contribution in [3.63, 3.8) is 0 Å². The van der Waals surface area contributed by atoms with Gasteiger partial charge in [0.05, 0.1) is 11.0 Å². The van der Waals surface area contributed by atoms with Crippen LogP contribution in [0.3, 0.4) is 0 Å². The van der Waals surface area contributed by atoms with Crippen LogP contribution in [-0.2, 0) is 4.79 Å². The van der Waals surface area contributed by atoms with Gasteiger partial charge in [-0.05, 0) is 58.0 Å². The molecule has 0 saturated heterocycles. The van der Waals surface area contributed by atoms with E-state index in [1.165, 1.54) is 11.1 Å². The molecule has 0 spiro atoms. The summed E-state index contributed by atoms with van der Waals surface area (Å²) in [7, 11) is 0. The molecular formula is C27H22N2O2. The maximum Gasteiger partial charge on any atom is 0.328 e. The molecule has 4 heteroatoms. The molecule has 4 nitrogen and oxygen atoms in total. The van der Waals surface area contributed by atoms with Crippen molar-refractivity contribution < 1.29 is 9.90 Å². The Morgan fingerprint density at radius 1 is 0.839 bits per heavy atom. The lowest BCUT2D eigenvalue weighted by Gasteiger charge is -2.17. The van der Waals surface area contributed by atoms with Crippen LogP contribution in [0, 0.1) is 0 Å². The number of hydrogen-bond acceptors (Lipinski definition) is 3. The highest BCUT2D eigenvalue weighted by Gasteiger charge is 2.14. The molecule has 0 unspecified atom stereocenters. The molecule has 1 N–H and O–H groups in total. The van der Waals surface area contributed by atoms with Gasteiger partial charge in [-0.2, -0.15) is 0 Å². The van der Waals surface area contributed by atoms with Crippen LogP contribution in [0.25, 0.3) is 28.3 Å². The lowest BCUT2D eigenvalue weighted by molar-refractivity contribution is -0.131. The van der Waals surface area contributed by atoms with Crippen molar-refractivity contribution >= 4 is 34.2 Å². The minimum atomic E-state index is -0.959. The molecule has 4 rings (SSSR count). The van der Waals surface area contributed by atoms with Gasteiger partial charge in [0.2, 0.25) is 0 Å². The smallest absolute Gasteiger partial charge is 0.328 e. The second kappa shape index (κ2) is 9.18. The molecule has 0 aliphatic heterocycles. The number of fused-ring (bicyclic) bond motifs is 1. The van der Waals surface area contributed by atoms with Gasteiger partial charge >= 0.3 is 5.97 Å². The third-order valence-electron chi connectivity index (χ3n) is 5.15. The molecular weight excluding hydrogens is 384 g/mol. The molecule has 4 aromatic rings. The predicted molar refractivity (Wildman–Crippen MR) is 125 cm³/mol. The Bertz CT molecular complexity index is 1270. The third-order valence-corrected chi connectivity index (χ3v) is 5.15. The zero-order valence-electron chi connectivity index (χ0n) is 17.2. The van der Waals surface area contributed by atoms with Gasteiger partial charge in [-0.15, -0.1) is 0 Å². The number of hydrogen-bond donors (Lipinski definition) is 1. The van der Waals surface area contributed by atoms with Crippen LogP contribution < -0.4 is 0 Å². The maximum absolute atomic E-state index is 10.8. The van der Waals surface area contributed by atoms with Crippen LogP contribution >= 0.6 is 0 Å². The number of aliphatic carboxylic acids is 1. The predicted octanol–water partition coefficient (Wildman–Crippen LogP) is 6.10. The van der Waals surface area contributed by atoms with E-state index in [9.17, 15) is 4.79 Å². The summed E-state index contributed by atoms with van der Waals surface area (Å²) < 4.78 is 0. The van der Waals surface area contributed by atoms with E-state index in [0.29, 0.717) is 0 Å². The van der Waals surface area contributed by atoms with E-state index in [0.717, 1.165) is 45.8 Å². The van der Waals surface area contributed by atoms with Gasteiger partial charge in [0.1, 0.15) is 0 Å². The first-order chi connectivity index (χ1) is 15.2. The highest BCUT2D eigenvalue weighted by molar-refractivity contribution is 6.00. The molecule has 0 saturated carbocycles. The second-order valence-corrected chi connectivity index (χ2v) is 7.13. The second-order valence-electron chi connectivity index (χ2n) is 7.13. The SMILES string of the molecule is CC/C(=C(/c1ccc(/C=C/C(=O)O)cc1)c1ccc2nccnc2c1)c1ccccc1. The van der Waals surface area contributed by atoms with Crippen LogP contribution in [0.15, 0.2) is 91.3 Å². The molecule has 0 aliphatic carbocycles. The van der Waals surface area contributed by atoms with Crippen molar-refractivity contribution in [3.8, 4) is 0 Å². The fourth-order valence-electron chi connectivity index (χ4n) is 3.73. The van der Waals surface area contributed by atoms with Crippen LogP contribution in [0.5, 0.6) is 0 Å². The van der Waals surface area contributed by atoms with Crippen molar-refractivity contribution in [2.24, 2.45) is 0 Å². The van der Waals surface area contributed by atoms with Gasteiger partial charge in [0, 0.05) is 18.5 Å². The van der Waals surface area contributed by atoms with E-state index >= 15 is 0 Å². The number of aromatic nitrogens is 2. The first-order valence-corrected chi connectivity index (χ1v) is 10.2. The van der Waals surface area contributed by atoms with Crippen molar-refractivity contribution in [2.75, 3.05) is 0 Å². The minimum absolute atomic E-state index is 0.840. The molecule has 0 amide bonds. The first kappa shape index (κ1) is 20.2. The Morgan fingerprint density at radius 3 is 2.19 bits per heavy atom. The van der Waals surface area contributed by atoms with Gasteiger partial charge in [0.25, 0.3) is 0 Å². The van der Waals surface area contributed by atoms with Gasteiger partial charge in [-0.3, -0.25) is 9.97 Å². The van der Waals surface area contributed by atoms with Crippen molar-refractivity contribution in [1.82, 2.24) is 9.97 Å². The lowest BCUT2D eigenvalue weighted by Crippen LogP contribution is -1.96. The monoisotopic (exact) mass is 406 g/mol. The summed E-state index contributed by atoms with van der Waals surface area (Å²) in [6.45, 7) is 2.16. The molecule has 1 aromatic heterocycles. The van der Waals surface area contributed by atoms with Gasteiger partial charge in [-0.25, -0.2) is 4.79 Å². The lowest BCUT2D eigenvalue weighted by atomic mass is 9.87. The number of benzene rings is 3. The van der Waals surface area contributed by atoms with Crippen LogP contribution in [0.1, 0.15) is 35.6 Å². The molecule has 31 heavy (non-hydrogen) atoms. The zero-order valence-corrected chi connectivity index (χ0v) is 17.2.